The van der Waals surface area contributed by atoms with Gasteiger partial charge in [0.2, 0.25) is 0 Å². The van der Waals surface area contributed by atoms with Gasteiger partial charge in [0, 0.05) is 11.5 Å². The first-order valence-corrected chi connectivity index (χ1v) is 10.3. The van der Waals surface area contributed by atoms with Crippen molar-refractivity contribution < 1.29 is 19.1 Å². The van der Waals surface area contributed by atoms with Crippen LogP contribution in [0.1, 0.15) is 24.4 Å². The summed E-state index contributed by atoms with van der Waals surface area (Å²) in [6.07, 6.45) is 1.40. The minimum atomic E-state index is -1.07. The van der Waals surface area contributed by atoms with E-state index in [0.717, 1.165) is 4.70 Å². The Balaban J connectivity index is 1.71. The maximum atomic E-state index is 14.7. The Hall–Kier alpha value is -2.77. The van der Waals surface area contributed by atoms with Gasteiger partial charge in [0.25, 0.3) is 5.91 Å². The highest BCUT2D eigenvalue weighted by molar-refractivity contribution is 7.22. The molecular weight excluding hydrogens is 415 g/mol. The number of nitrogens with zero attached hydrogens (tertiary/aromatic N) is 2. The number of fused-ring (bicyclic) bond motifs is 1. The van der Waals surface area contributed by atoms with Crippen LogP contribution in [0.3, 0.4) is 0 Å². The lowest BCUT2D eigenvalue weighted by atomic mass is 9.94. The molecule has 1 saturated carbocycles. The Morgan fingerprint density at radius 3 is 2.66 bits per heavy atom. The van der Waals surface area contributed by atoms with Crippen molar-refractivity contribution in [3.05, 3.63) is 70.2 Å². The second-order valence-electron chi connectivity index (χ2n) is 7.08. The molecular formula is C21H14ClFN2O3S. The van der Waals surface area contributed by atoms with Crippen molar-refractivity contribution in [1.29, 1.82) is 0 Å². The minimum absolute atomic E-state index is 0.0621. The number of benzene rings is 2. The maximum Gasteiger partial charge on any atom is 0.296 e. The van der Waals surface area contributed by atoms with Gasteiger partial charge >= 0.3 is 0 Å². The van der Waals surface area contributed by atoms with E-state index < -0.39 is 23.5 Å². The number of aromatic nitrogens is 1. The standard InChI is InChI=1S/C21H14ClFN2O3S/c22-12-5-3-7-14-16(12)24-21(29-14)25-17(11-4-1-2-6-13(11)23)15(19(27)20(25)28)18(26)10-8-9-10/h1-7,10,17,27H,8-9H2. The van der Waals surface area contributed by atoms with E-state index in [1.54, 1.807) is 18.2 Å². The van der Waals surface area contributed by atoms with E-state index in [4.69, 9.17) is 11.6 Å². The van der Waals surface area contributed by atoms with E-state index in [2.05, 4.69) is 4.98 Å². The molecule has 0 saturated heterocycles. The molecule has 1 fully saturated rings. The van der Waals surface area contributed by atoms with E-state index in [0.29, 0.717) is 23.4 Å². The van der Waals surface area contributed by atoms with Crippen molar-refractivity contribution in [1.82, 2.24) is 4.98 Å². The van der Waals surface area contributed by atoms with Crippen LogP contribution in [-0.2, 0) is 9.59 Å². The van der Waals surface area contributed by atoms with Crippen LogP contribution in [-0.4, -0.2) is 21.8 Å². The summed E-state index contributed by atoms with van der Waals surface area (Å²) >= 11 is 7.41. The summed E-state index contributed by atoms with van der Waals surface area (Å²) < 4.78 is 15.5. The molecule has 1 aromatic heterocycles. The highest BCUT2D eigenvalue weighted by Gasteiger charge is 2.49. The van der Waals surface area contributed by atoms with Gasteiger partial charge in [0.1, 0.15) is 17.4 Å². The first kappa shape index (κ1) is 18.3. The summed E-state index contributed by atoms with van der Waals surface area (Å²) in [5.41, 5.74) is 0.586. The van der Waals surface area contributed by atoms with Crippen molar-refractivity contribution in [2.75, 3.05) is 4.90 Å². The number of aliphatic hydroxyl groups excluding tert-OH is 1. The van der Waals surface area contributed by atoms with Gasteiger partial charge in [-0.2, -0.15) is 0 Å². The van der Waals surface area contributed by atoms with Gasteiger partial charge in [-0.15, -0.1) is 0 Å². The van der Waals surface area contributed by atoms with E-state index in [1.807, 2.05) is 6.07 Å². The Labute approximate surface area is 174 Å². The number of carbonyl (C=O) groups is 2. The number of ketones is 1. The minimum Gasteiger partial charge on any atom is -0.503 e. The second kappa shape index (κ2) is 6.64. The topological polar surface area (TPSA) is 70.5 Å². The molecule has 1 unspecified atom stereocenters. The molecule has 1 aliphatic heterocycles. The van der Waals surface area contributed by atoms with Gasteiger partial charge in [-0.05, 0) is 31.0 Å². The number of aliphatic hydroxyl groups is 1. The van der Waals surface area contributed by atoms with Gasteiger partial charge in [-0.1, -0.05) is 47.2 Å². The Morgan fingerprint density at radius 2 is 1.97 bits per heavy atom. The van der Waals surface area contributed by atoms with E-state index in [1.165, 1.54) is 34.4 Å². The third kappa shape index (κ3) is 2.84. The lowest BCUT2D eigenvalue weighted by molar-refractivity contribution is -0.118. The average Bonchev–Trinajstić information content (AvgIpc) is 3.41. The van der Waals surface area contributed by atoms with E-state index in [-0.39, 0.29) is 28.0 Å². The predicted molar refractivity (Wildman–Crippen MR) is 109 cm³/mol. The highest BCUT2D eigenvalue weighted by Crippen LogP contribution is 2.47. The number of amides is 1. The normalized spacial score (nSPS) is 19.4. The molecule has 29 heavy (non-hydrogen) atoms. The molecule has 1 aliphatic carbocycles. The first-order valence-electron chi connectivity index (χ1n) is 9.07. The largest absolute Gasteiger partial charge is 0.503 e. The van der Waals surface area contributed by atoms with E-state index >= 15 is 0 Å². The Bertz CT molecular complexity index is 1220. The van der Waals surface area contributed by atoms with Crippen LogP contribution in [0.5, 0.6) is 0 Å². The summed E-state index contributed by atoms with van der Waals surface area (Å²) in [6, 6.07) is 10.1. The third-order valence-electron chi connectivity index (χ3n) is 5.19. The molecule has 8 heteroatoms. The zero-order chi connectivity index (χ0) is 20.3. The van der Waals surface area contributed by atoms with Crippen LogP contribution in [0, 0.1) is 11.7 Å². The van der Waals surface area contributed by atoms with Gasteiger partial charge in [0.05, 0.1) is 15.3 Å². The molecule has 2 heterocycles. The van der Waals surface area contributed by atoms with Crippen LogP contribution >= 0.6 is 22.9 Å². The van der Waals surface area contributed by atoms with Crippen molar-refractivity contribution in [2.24, 2.45) is 5.92 Å². The SMILES string of the molecule is O=C(C1=C(O)C(=O)N(c2nc3c(Cl)cccc3s2)C1c1ccccc1F)C1CC1. The summed E-state index contributed by atoms with van der Waals surface area (Å²) in [4.78, 5) is 31.6. The number of para-hydroxylation sites is 1. The Kier molecular flexibility index (Phi) is 4.18. The molecule has 1 atom stereocenters. The first-order chi connectivity index (χ1) is 14.0. The molecule has 0 spiro atoms. The van der Waals surface area contributed by atoms with E-state index in [9.17, 15) is 19.1 Å². The fourth-order valence-corrected chi connectivity index (χ4v) is 4.91. The third-order valence-corrected chi connectivity index (χ3v) is 6.51. The number of anilines is 1. The maximum absolute atomic E-state index is 14.7. The molecule has 5 nitrogen and oxygen atoms in total. The van der Waals surface area contributed by atoms with Crippen molar-refractivity contribution >= 4 is 50.0 Å². The molecule has 2 aromatic carbocycles. The lowest BCUT2D eigenvalue weighted by Crippen LogP contribution is -2.31. The average molecular weight is 429 g/mol. The number of Topliss-reactive ketones (excluding diaryl/α,β-unsaturated/α-hetero) is 1. The van der Waals surface area contributed by atoms with Gasteiger partial charge in [-0.25, -0.2) is 9.37 Å². The number of thiazole rings is 1. The number of carbonyl (C=O) groups excluding carboxylic acids is 2. The second-order valence-corrected chi connectivity index (χ2v) is 8.50. The number of halogens is 2. The summed E-state index contributed by atoms with van der Waals surface area (Å²) in [5, 5.41) is 11.3. The summed E-state index contributed by atoms with van der Waals surface area (Å²) in [6.45, 7) is 0. The lowest BCUT2D eigenvalue weighted by Gasteiger charge is -2.24. The molecule has 0 bridgehead atoms. The quantitative estimate of drug-likeness (QED) is 0.637. The van der Waals surface area contributed by atoms with Crippen molar-refractivity contribution in [3.8, 4) is 0 Å². The van der Waals surface area contributed by atoms with Crippen molar-refractivity contribution in [2.45, 2.75) is 18.9 Å². The predicted octanol–water partition coefficient (Wildman–Crippen LogP) is 4.97. The fourth-order valence-electron chi connectivity index (χ4n) is 3.62. The smallest absolute Gasteiger partial charge is 0.296 e. The summed E-state index contributed by atoms with van der Waals surface area (Å²) in [7, 11) is 0. The van der Waals surface area contributed by atoms with Gasteiger partial charge < -0.3 is 5.11 Å². The monoisotopic (exact) mass is 428 g/mol. The van der Waals surface area contributed by atoms with Crippen LogP contribution in [0.4, 0.5) is 9.52 Å². The zero-order valence-corrected chi connectivity index (χ0v) is 16.5. The van der Waals surface area contributed by atoms with Crippen LogP contribution in [0.2, 0.25) is 5.02 Å². The number of hydrogen-bond acceptors (Lipinski definition) is 5. The van der Waals surface area contributed by atoms with Crippen molar-refractivity contribution in [3.63, 3.8) is 0 Å². The molecule has 1 N–H and O–H groups in total. The Morgan fingerprint density at radius 1 is 1.21 bits per heavy atom. The molecule has 146 valence electrons. The molecule has 0 radical (unpaired) electrons. The summed E-state index contributed by atoms with van der Waals surface area (Å²) in [5.74, 6) is -2.52. The van der Waals surface area contributed by atoms with Gasteiger partial charge in [-0.3, -0.25) is 14.5 Å². The van der Waals surface area contributed by atoms with Crippen LogP contribution in [0.15, 0.2) is 53.8 Å². The van der Waals surface area contributed by atoms with Gasteiger partial charge in [0.15, 0.2) is 16.7 Å². The van der Waals surface area contributed by atoms with Crippen LogP contribution in [0.25, 0.3) is 10.2 Å². The number of hydrogen-bond donors (Lipinski definition) is 1. The zero-order valence-electron chi connectivity index (χ0n) is 14.9. The molecule has 3 aromatic rings. The highest BCUT2D eigenvalue weighted by atomic mass is 35.5. The molecule has 5 rings (SSSR count). The number of rotatable bonds is 4. The molecule has 2 aliphatic rings. The fraction of sp³-hybridized carbons (Fsp3) is 0.190. The van der Waals surface area contributed by atoms with Crippen LogP contribution < -0.4 is 4.90 Å². The molecule has 1 amide bonds.